The Balaban J connectivity index is 1.85. The van der Waals surface area contributed by atoms with Gasteiger partial charge in [0.25, 0.3) is 5.95 Å². The minimum atomic E-state index is -4.85. The SMILES string of the molecule is C=C(F)/C=C(\C=C(/C)CN(c1nnn(C)n1)C1CCCN(Cc2ccncc2)c2cc(C(F)(F)F)c(C)cc21)C(F)(F)F. The van der Waals surface area contributed by atoms with Crippen LogP contribution in [0.4, 0.5) is 42.4 Å². The Morgan fingerprint density at radius 1 is 1.12 bits per heavy atom. The Hall–Kier alpha value is -4.23. The molecular formula is C29H30F7N7. The van der Waals surface area contributed by atoms with Crippen molar-refractivity contribution in [3.63, 3.8) is 0 Å². The summed E-state index contributed by atoms with van der Waals surface area (Å²) in [5.74, 6) is -1.18. The number of benzene rings is 1. The molecule has 1 aliphatic heterocycles. The maximum absolute atomic E-state index is 14.1. The Bertz CT molecular complexity index is 1510. The van der Waals surface area contributed by atoms with Crippen LogP contribution >= 0.6 is 0 Å². The number of halogens is 7. The van der Waals surface area contributed by atoms with Crippen molar-refractivity contribution < 1.29 is 30.7 Å². The number of hydrogen-bond acceptors (Lipinski definition) is 6. The van der Waals surface area contributed by atoms with Gasteiger partial charge >= 0.3 is 12.4 Å². The highest BCUT2D eigenvalue weighted by Gasteiger charge is 2.37. The lowest BCUT2D eigenvalue weighted by Crippen LogP contribution is -2.32. The van der Waals surface area contributed by atoms with E-state index >= 15 is 0 Å². The van der Waals surface area contributed by atoms with E-state index in [2.05, 4.69) is 27.0 Å². The molecule has 3 aromatic rings. The predicted octanol–water partition coefficient (Wildman–Crippen LogP) is 7.20. The summed E-state index contributed by atoms with van der Waals surface area (Å²) in [6, 6.07) is 5.54. The van der Waals surface area contributed by atoms with Gasteiger partial charge in [-0.25, -0.2) is 4.39 Å². The average Bonchev–Trinajstić information content (AvgIpc) is 3.26. The zero-order valence-electron chi connectivity index (χ0n) is 23.7. The molecule has 1 aliphatic rings. The van der Waals surface area contributed by atoms with Crippen LogP contribution in [0, 0.1) is 6.92 Å². The van der Waals surface area contributed by atoms with E-state index in [1.807, 2.05) is 4.90 Å². The summed E-state index contributed by atoms with van der Waals surface area (Å²) in [7, 11) is 1.52. The monoisotopic (exact) mass is 609 g/mol. The van der Waals surface area contributed by atoms with E-state index in [0.29, 0.717) is 43.3 Å². The topological polar surface area (TPSA) is 63.0 Å². The Morgan fingerprint density at radius 3 is 2.40 bits per heavy atom. The van der Waals surface area contributed by atoms with E-state index < -0.39 is 35.4 Å². The van der Waals surface area contributed by atoms with Crippen molar-refractivity contribution in [3.05, 3.63) is 94.6 Å². The lowest BCUT2D eigenvalue weighted by molar-refractivity contribution is -0.138. The summed E-state index contributed by atoms with van der Waals surface area (Å²) in [6.45, 7) is 6.31. The van der Waals surface area contributed by atoms with E-state index in [9.17, 15) is 30.7 Å². The molecule has 0 amide bonds. The summed E-state index contributed by atoms with van der Waals surface area (Å²) in [6.07, 6.45) is -4.17. The first-order valence-electron chi connectivity index (χ1n) is 13.3. The molecule has 0 bridgehead atoms. The fourth-order valence-corrected chi connectivity index (χ4v) is 5.18. The van der Waals surface area contributed by atoms with Gasteiger partial charge in [0.2, 0.25) is 0 Å². The zero-order valence-corrected chi connectivity index (χ0v) is 23.7. The summed E-state index contributed by atoms with van der Waals surface area (Å²) in [4.78, 5) is 8.68. The number of hydrogen-bond donors (Lipinski definition) is 0. The normalized spacial score (nSPS) is 16.6. The first-order chi connectivity index (χ1) is 20.1. The second kappa shape index (κ2) is 12.6. The van der Waals surface area contributed by atoms with Gasteiger partial charge in [0, 0.05) is 37.7 Å². The van der Waals surface area contributed by atoms with Gasteiger partial charge in [-0.15, -0.1) is 5.10 Å². The summed E-state index contributed by atoms with van der Waals surface area (Å²) >= 11 is 0. The van der Waals surface area contributed by atoms with E-state index in [1.165, 1.54) is 31.8 Å². The van der Waals surface area contributed by atoms with E-state index in [-0.39, 0.29) is 23.6 Å². The second-order valence-corrected chi connectivity index (χ2v) is 10.4. The molecular weight excluding hydrogens is 579 g/mol. The molecule has 3 heterocycles. The second-order valence-electron chi connectivity index (χ2n) is 10.4. The Morgan fingerprint density at radius 2 is 1.81 bits per heavy atom. The molecule has 0 saturated carbocycles. The number of fused-ring (bicyclic) bond motifs is 1. The third-order valence-electron chi connectivity index (χ3n) is 7.00. The molecule has 14 heteroatoms. The summed E-state index contributed by atoms with van der Waals surface area (Å²) in [5, 5.41) is 12.2. The standard InChI is InChI=1S/C29H30F7N7/c1-18(12-22(14-20(3)30)28(31,32)33)16-43(27-38-40-41(4)39-27)25-6-5-11-42(17-21-7-9-37-10-8-21)26-15-24(29(34,35)36)19(2)13-23(25)26/h7-10,12-15,25H,3,5-6,11,16-17H2,1-2,4H3/b18-12+,22-14+. The highest BCUT2D eigenvalue weighted by atomic mass is 19.4. The van der Waals surface area contributed by atoms with Gasteiger partial charge in [-0.05, 0) is 78.9 Å². The van der Waals surface area contributed by atoms with Crippen molar-refractivity contribution in [1.29, 1.82) is 0 Å². The van der Waals surface area contributed by atoms with Crippen molar-refractivity contribution in [2.75, 3.05) is 22.9 Å². The molecule has 0 fully saturated rings. The van der Waals surface area contributed by atoms with E-state index in [1.54, 1.807) is 29.4 Å². The average molecular weight is 610 g/mol. The predicted molar refractivity (Wildman–Crippen MR) is 148 cm³/mol. The molecule has 43 heavy (non-hydrogen) atoms. The summed E-state index contributed by atoms with van der Waals surface area (Å²) in [5.41, 5.74) is -0.0946. The van der Waals surface area contributed by atoms with Crippen LogP contribution in [0.15, 0.2) is 72.4 Å². The Kier molecular flexibility index (Phi) is 9.26. The number of alkyl halides is 6. The fourth-order valence-electron chi connectivity index (χ4n) is 5.18. The van der Waals surface area contributed by atoms with Crippen molar-refractivity contribution in [2.24, 2.45) is 7.05 Å². The number of rotatable bonds is 8. The molecule has 0 aliphatic carbocycles. The minimum Gasteiger partial charge on any atom is -0.367 e. The summed E-state index contributed by atoms with van der Waals surface area (Å²) < 4.78 is 96.5. The lowest BCUT2D eigenvalue weighted by Gasteiger charge is -2.33. The maximum atomic E-state index is 14.1. The molecule has 1 atom stereocenters. The third kappa shape index (κ3) is 7.79. The molecule has 4 rings (SSSR count). The maximum Gasteiger partial charge on any atom is 0.416 e. The van der Waals surface area contributed by atoms with Crippen LogP contribution in [0.1, 0.15) is 48.1 Å². The van der Waals surface area contributed by atoms with Crippen LogP contribution in [0.2, 0.25) is 0 Å². The van der Waals surface area contributed by atoms with Crippen LogP contribution in [-0.4, -0.2) is 44.5 Å². The van der Waals surface area contributed by atoms with Crippen molar-refractivity contribution in [3.8, 4) is 0 Å². The van der Waals surface area contributed by atoms with Crippen LogP contribution in [0.25, 0.3) is 0 Å². The molecule has 2 aromatic heterocycles. The number of pyridine rings is 1. The quantitative estimate of drug-likeness (QED) is 0.199. The molecule has 0 N–H and O–H groups in total. The van der Waals surface area contributed by atoms with Gasteiger partial charge in [0.1, 0.15) is 5.83 Å². The molecule has 7 nitrogen and oxygen atoms in total. The van der Waals surface area contributed by atoms with Crippen LogP contribution in [0.3, 0.4) is 0 Å². The molecule has 0 saturated heterocycles. The number of allylic oxidation sites excluding steroid dienone is 4. The molecule has 1 unspecified atom stereocenters. The minimum absolute atomic E-state index is 0.00470. The Labute approximate surface area is 244 Å². The van der Waals surface area contributed by atoms with Crippen molar-refractivity contribution in [2.45, 2.75) is 51.6 Å². The lowest BCUT2D eigenvalue weighted by atomic mass is 9.94. The van der Waals surface area contributed by atoms with Crippen LogP contribution in [0.5, 0.6) is 0 Å². The number of nitrogens with zero attached hydrogens (tertiary/aromatic N) is 7. The third-order valence-corrected chi connectivity index (χ3v) is 7.00. The largest absolute Gasteiger partial charge is 0.416 e. The first-order valence-corrected chi connectivity index (χ1v) is 13.3. The highest BCUT2D eigenvalue weighted by Crippen LogP contribution is 2.43. The molecule has 230 valence electrons. The molecule has 0 spiro atoms. The smallest absolute Gasteiger partial charge is 0.367 e. The van der Waals surface area contributed by atoms with Gasteiger partial charge in [0.05, 0.1) is 24.2 Å². The first kappa shape index (κ1) is 31.7. The molecule has 0 radical (unpaired) electrons. The van der Waals surface area contributed by atoms with Gasteiger partial charge < -0.3 is 9.80 Å². The van der Waals surface area contributed by atoms with Crippen molar-refractivity contribution in [1.82, 2.24) is 25.2 Å². The van der Waals surface area contributed by atoms with Crippen LogP contribution < -0.4 is 9.80 Å². The van der Waals surface area contributed by atoms with Gasteiger partial charge in [-0.1, -0.05) is 23.3 Å². The van der Waals surface area contributed by atoms with Gasteiger partial charge in [-0.2, -0.15) is 31.1 Å². The number of aryl methyl sites for hydroxylation is 2. The number of aromatic nitrogens is 5. The van der Waals surface area contributed by atoms with Gasteiger partial charge in [-0.3, -0.25) is 4.98 Å². The number of anilines is 2. The number of tetrazole rings is 1. The van der Waals surface area contributed by atoms with E-state index in [0.717, 1.165) is 17.7 Å². The molecule has 1 aromatic carbocycles. The van der Waals surface area contributed by atoms with Crippen LogP contribution in [-0.2, 0) is 19.8 Å². The zero-order chi connectivity index (χ0) is 31.5. The van der Waals surface area contributed by atoms with Gasteiger partial charge in [0.15, 0.2) is 0 Å². The van der Waals surface area contributed by atoms with E-state index in [4.69, 9.17) is 0 Å². The highest BCUT2D eigenvalue weighted by molar-refractivity contribution is 5.62. The van der Waals surface area contributed by atoms with Crippen molar-refractivity contribution >= 4 is 11.6 Å². The fraction of sp³-hybridized carbons (Fsp3) is 0.379.